The van der Waals surface area contributed by atoms with E-state index >= 15 is 0 Å². The van der Waals surface area contributed by atoms with Crippen LogP contribution in [-0.2, 0) is 13.0 Å². The van der Waals surface area contributed by atoms with Crippen molar-refractivity contribution in [3.05, 3.63) is 17.0 Å². The summed E-state index contributed by atoms with van der Waals surface area (Å²) in [5.74, 6) is 0. The third-order valence-corrected chi connectivity index (χ3v) is 3.29. The summed E-state index contributed by atoms with van der Waals surface area (Å²) in [6.45, 7) is 13.8. The highest BCUT2D eigenvalue weighted by atomic mass is 15.3. The van der Waals surface area contributed by atoms with Gasteiger partial charge in [-0.1, -0.05) is 6.92 Å². The second-order valence-electron chi connectivity index (χ2n) is 4.72. The highest BCUT2D eigenvalue weighted by molar-refractivity contribution is 5.24. The van der Waals surface area contributed by atoms with Crippen molar-refractivity contribution in [2.45, 2.75) is 47.1 Å². The summed E-state index contributed by atoms with van der Waals surface area (Å²) in [5, 5.41) is 11.4. The molecule has 0 unspecified atom stereocenters. The molecule has 2 N–H and O–H groups in total. The van der Waals surface area contributed by atoms with Gasteiger partial charge < -0.3 is 10.6 Å². The van der Waals surface area contributed by atoms with Crippen LogP contribution >= 0.6 is 0 Å². The maximum Gasteiger partial charge on any atom is 0.0628 e. The average molecular weight is 252 g/mol. The van der Waals surface area contributed by atoms with Gasteiger partial charge in [-0.3, -0.25) is 4.68 Å². The molecule has 0 aliphatic heterocycles. The quantitative estimate of drug-likeness (QED) is 0.657. The summed E-state index contributed by atoms with van der Waals surface area (Å²) in [6, 6.07) is 0. The van der Waals surface area contributed by atoms with Crippen LogP contribution in [0.1, 0.15) is 37.2 Å². The molecule has 0 atom stereocenters. The minimum atomic E-state index is 0.959. The van der Waals surface area contributed by atoms with Gasteiger partial charge in [-0.2, -0.15) is 5.10 Å². The van der Waals surface area contributed by atoms with Gasteiger partial charge in [-0.25, -0.2) is 0 Å². The zero-order valence-corrected chi connectivity index (χ0v) is 12.3. The lowest BCUT2D eigenvalue weighted by Crippen LogP contribution is -2.29. The lowest BCUT2D eigenvalue weighted by molar-refractivity contribution is 0.605. The van der Waals surface area contributed by atoms with Gasteiger partial charge in [-0.15, -0.1) is 0 Å². The van der Waals surface area contributed by atoms with Crippen molar-refractivity contribution < 1.29 is 0 Å². The zero-order valence-electron chi connectivity index (χ0n) is 12.3. The molecule has 4 nitrogen and oxygen atoms in total. The van der Waals surface area contributed by atoms with Crippen molar-refractivity contribution in [3.8, 4) is 0 Å². The Morgan fingerprint density at radius 1 is 1.00 bits per heavy atom. The lowest BCUT2D eigenvalue weighted by atomic mass is 10.1. The first kappa shape index (κ1) is 15.2. The molecule has 1 aromatic rings. The molecule has 0 radical (unpaired) electrons. The van der Waals surface area contributed by atoms with Gasteiger partial charge in [0.2, 0.25) is 0 Å². The molecule has 0 aliphatic carbocycles. The van der Waals surface area contributed by atoms with E-state index in [4.69, 9.17) is 0 Å². The Kier molecular flexibility index (Phi) is 6.98. The first-order chi connectivity index (χ1) is 8.70. The van der Waals surface area contributed by atoms with Crippen molar-refractivity contribution in [1.82, 2.24) is 20.4 Å². The number of aryl methyl sites for hydroxylation is 2. The summed E-state index contributed by atoms with van der Waals surface area (Å²) >= 11 is 0. The molecule has 0 bridgehead atoms. The molecule has 0 amide bonds. The molecule has 104 valence electrons. The van der Waals surface area contributed by atoms with Crippen LogP contribution in [0.4, 0.5) is 0 Å². The van der Waals surface area contributed by atoms with Crippen molar-refractivity contribution in [2.75, 3.05) is 26.2 Å². The number of hydrogen-bond donors (Lipinski definition) is 2. The summed E-state index contributed by atoms with van der Waals surface area (Å²) in [4.78, 5) is 0. The molecule has 0 spiro atoms. The molecule has 0 fully saturated rings. The molecule has 0 saturated heterocycles. The van der Waals surface area contributed by atoms with Gasteiger partial charge in [0.25, 0.3) is 0 Å². The van der Waals surface area contributed by atoms with Gasteiger partial charge >= 0.3 is 0 Å². The fraction of sp³-hybridized carbons (Fsp3) is 0.786. The standard InChI is InChI=1S/C14H28N4/c1-5-8-15-10-11-16-9-7-14-12(3)17-18(6-2)13(14)4/h15-16H,5-11H2,1-4H3. The number of nitrogens with one attached hydrogen (secondary N) is 2. The van der Waals surface area contributed by atoms with E-state index in [2.05, 4.69) is 48.1 Å². The fourth-order valence-corrected chi connectivity index (χ4v) is 2.22. The predicted molar refractivity (Wildman–Crippen MR) is 77.1 cm³/mol. The first-order valence-corrected chi connectivity index (χ1v) is 7.15. The Labute approximate surface area is 111 Å². The van der Waals surface area contributed by atoms with E-state index in [1.54, 1.807) is 0 Å². The predicted octanol–water partition coefficient (Wildman–Crippen LogP) is 1.65. The van der Waals surface area contributed by atoms with E-state index in [0.29, 0.717) is 0 Å². The van der Waals surface area contributed by atoms with Gasteiger partial charge in [0.1, 0.15) is 0 Å². The molecular weight excluding hydrogens is 224 g/mol. The molecule has 18 heavy (non-hydrogen) atoms. The third-order valence-electron chi connectivity index (χ3n) is 3.29. The van der Waals surface area contributed by atoms with Crippen molar-refractivity contribution in [2.24, 2.45) is 0 Å². The molecule has 1 heterocycles. The van der Waals surface area contributed by atoms with E-state index < -0.39 is 0 Å². The van der Waals surface area contributed by atoms with Crippen LogP contribution < -0.4 is 10.6 Å². The first-order valence-electron chi connectivity index (χ1n) is 7.15. The monoisotopic (exact) mass is 252 g/mol. The van der Waals surface area contributed by atoms with Crippen LogP contribution in [0, 0.1) is 13.8 Å². The Morgan fingerprint density at radius 2 is 1.67 bits per heavy atom. The SMILES string of the molecule is CCCNCCNCCc1c(C)nn(CC)c1C. The van der Waals surface area contributed by atoms with Gasteiger partial charge in [0.15, 0.2) is 0 Å². The van der Waals surface area contributed by atoms with E-state index in [9.17, 15) is 0 Å². The van der Waals surface area contributed by atoms with Crippen LogP contribution in [0.5, 0.6) is 0 Å². The van der Waals surface area contributed by atoms with Crippen molar-refractivity contribution in [1.29, 1.82) is 0 Å². The molecular formula is C14H28N4. The number of rotatable bonds is 9. The minimum Gasteiger partial charge on any atom is -0.315 e. The average Bonchev–Trinajstić information content (AvgIpc) is 2.64. The third kappa shape index (κ3) is 4.42. The van der Waals surface area contributed by atoms with Crippen molar-refractivity contribution >= 4 is 0 Å². The summed E-state index contributed by atoms with van der Waals surface area (Å²) in [5.41, 5.74) is 3.91. The van der Waals surface area contributed by atoms with E-state index in [0.717, 1.165) is 39.1 Å². The molecule has 1 aromatic heterocycles. The Hall–Kier alpha value is -0.870. The number of nitrogens with zero attached hydrogens (tertiary/aromatic N) is 2. The Balaban J connectivity index is 2.25. The van der Waals surface area contributed by atoms with Gasteiger partial charge in [0, 0.05) is 25.3 Å². The minimum absolute atomic E-state index is 0.959. The highest BCUT2D eigenvalue weighted by Crippen LogP contribution is 2.12. The Bertz CT molecular complexity index is 344. The van der Waals surface area contributed by atoms with E-state index in [1.165, 1.54) is 23.4 Å². The molecule has 0 aromatic carbocycles. The van der Waals surface area contributed by atoms with Crippen LogP contribution in [0.3, 0.4) is 0 Å². The van der Waals surface area contributed by atoms with Gasteiger partial charge in [0.05, 0.1) is 5.69 Å². The molecule has 0 saturated carbocycles. The summed E-state index contributed by atoms with van der Waals surface area (Å²) in [6.07, 6.45) is 2.28. The van der Waals surface area contributed by atoms with Crippen LogP contribution in [0.15, 0.2) is 0 Å². The molecule has 0 aliphatic rings. The molecule has 4 heteroatoms. The zero-order chi connectivity index (χ0) is 13.4. The van der Waals surface area contributed by atoms with Gasteiger partial charge in [-0.05, 0) is 52.3 Å². The largest absolute Gasteiger partial charge is 0.315 e. The van der Waals surface area contributed by atoms with E-state index in [-0.39, 0.29) is 0 Å². The maximum absolute atomic E-state index is 4.54. The summed E-state index contributed by atoms with van der Waals surface area (Å²) in [7, 11) is 0. The van der Waals surface area contributed by atoms with Crippen LogP contribution in [-0.4, -0.2) is 36.0 Å². The second kappa shape index (κ2) is 8.27. The Morgan fingerprint density at radius 3 is 2.22 bits per heavy atom. The van der Waals surface area contributed by atoms with Crippen LogP contribution in [0.2, 0.25) is 0 Å². The molecule has 1 rings (SSSR count). The van der Waals surface area contributed by atoms with Crippen molar-refractivity contribution in [3.63, 3.8) is 0 Å². The number of aromatic nitrogens is 2. The second-order valence-corrected chi connectivity index (χ2v) is 4.72. The maximum atomic E-state index is 4.54. The summed E-state index contributed by atoms with van der Waals surface area (Å²) < 4.78 is 2.09. The normalized spacial score (nSPS) is 11.1. The fourth-order valence-electron chi connectivity index (χ4n) is 2.22. The van der Waals surface area contributed by atoms with Crippen LogP contribution in [0.25, 0.3) is 0 Å². The van der Waals surface area contributed by atoms with E-state index in [1.807, 2.05) is 0 Å². The lowest BCUT2D eigenvalue weighted by Gasteiger charge is -2.06. The topological polar surface area (TPSA) is 41.9 Å². The highest BCUT2D eigenvalue weighted by Gasteiger charge is 2.09. The number of hydrogen-bond acceptors (Lipinski definition) is 3. The smallest absolute Gasteiger partial charge is 0.0628 e.